The molecule has 0 amide bonds. The number of hydrogen-bond donors (Lipinski definition) is 3. The van der Waals surface area contributed by atoms with Crippen molar-refractivity contribution in [2.24, 2.45) is 0 Å². The maximum Gasteiger partial charge on any atom is 0.335 e. The number of para-hydroxylation sites is 1. The Morgan fingerprint density at radius 3 is 2.69 bits per heavy atom. The van der Waals surface area contributed by atoms with Crippen LogP contribution < -0.4 is 15.6 Å². The Kier molecular flexibility index (Phi) is 5.35. The Bertz CT molecular complexity index is 1110. The number of benzene rings is 2. The van der Waals surface area contributed by atoms with E-state index in [-0.39, 0.29) is 11.1 Å². The number of aromatic nitrogens is 3. The number of nitrogens with zero attached hydrogens (tertiary/aromatic N) is 2. The van der Waals surface area contributed by atoms with Crippen LogP contribution in [0.1, 0.15) is 41.9 Å². The van der Waals surface area contributed by atoms with Crippen molar-refractivity contribution in [3.63, 3.8) is 0 Å². The van der Waals surface area contributed by atoms with Gasteiger partial charge in [0.05, 0.1) is 16.8 Å². The van der Waals surface area contributed by atoms with Crippen molar-refractivity contribution >= 4 is 23.4 Å². The van der Waals surface area contributed by atoms with Gasteiger partial charge in [0, 0.05) is 16.4 Å². The van der Waals surface area contributed by atoms with Crippen LogP contribution in [0.25, 0.3) is 11.3 Å². The molecule has 0 aliphatic carbocycles. The zero-order chi connectivity index (χ0) is 20.4. The number of rotatable bonds is 6. The quantitative estimate of drug-likeness (QED) is 0.328. The fourth-order valence-electron chi connectivity index (χ4n) is 3.30. The summed E-state index contributed by atoms with van der Waals surface area (Å²) in [6, 6.07) is 14.2. The Morgan fingerprint density at radius 1 is 1.21 bits per heavy atom. The highest BCUT2D eigenvalue weighted by molar-refractivity contribution is 7.99. The van der Waals surface area contributed by atoms with Crippen LogP contribution in [0.15, 0.2) is 58.5 Å². The zero-order valence-electron chi connectivity index (χ0n) is 15.9. The van der Waals surface area contributed by atoms with Gasteiger partial charge in [-0.05, 0) is 47.5 Å². The van der Waals surface area contributed by atoms with Gasteiger partial charge >= 0.3 is 17.2 Å². The Balaban J connectivity index is 1.82. The second-order valence-corrected chi connectivity index (χ2v) is 7.86. The molecule has 0 saturated carbocycles. The fourth-order valence-corrected chi connectivity index (χ4v) is 4.24. The minimum atomic E-state index is -0.976. The van der Waals surface area contributed by atoms with Crippen LogP contribution in [-0.2, 0) is 0 Å². The van der Waals surface area contributed by atoms with Gasteiger partial charge in [-0.1, -0.05) is 37.2 Å². The molecule has 1 aliphatic rings. The molecule has 7 nitrogen and oxygen atoms in total. The smallest absolute Gasteiger partial charge is 0.335 e. The Hall–Kier alpha value is -3.13. The minimum Gasteiger partial charge on any atom is -0.478 e. The lowest BCUT2D eigenvalue weighted by molar-refractivity contribution is -0.759. The molecule has 1 atom stereocenters. The first-order valence-corrected chi connectivity index (χ1v) is 10.4. The highest BCUT2D eigenvalue weighted by atomic mass is 32.2. The number of aromatic amines is 1. The molecule has 1 aromatic heterocycles. The maximum atomic E-state index is 13.0. The minimum absolute atomic E-state index is 0.194. The van der Waals surface area contributed by atoms with Gasteiger partial charge in [0.15, 0.2) is 0 Å². The average Bonchev–Trinajstić information content (AvgIpc) is 2.73. The van der Waals surface area contributed by atoms with E-state index in [0.717, 1.165) is 35.4 Å². The van der Waals surface area contributed by atoms with Crippen molar-refractivity contribution < 1.29 is 14.6 Å². The van der Waals surface area contributed by atoms with E-state index in [2.05, 4.69) is 17.2 Å². The standard InChI is InChI=1S/C21H20N4O3S/c1-2-3-12-29-21-23-19(26)17-15-6-4-5-7-16(15)22-18(25(17)24-21)13-8-10-14(11-9-13)20(27)28/h4-11,18H,2-3,12H2,1H3,(H2,23,24,26,27,28)/p+1/t18-/m0/s1. The van der Waals surface area contributed by atoms with Gasteiger partial charge in [0.25, 0.3) is 6.17 Å². The number of carboxylic acid groups (broad SMARTS) is 1. The van der Waals surface area contributed by atoms with E-state index >= 15 is 0 Å². The molecule has 0 fully saturated rings. The predicted octanol–water partition coefficient (Wildman–Crippen LogP) is 3.29. The number of carboxylic acids is 1. The van der Waals surface area contributed by atoms with Gasteiger partial charge in [-0.15, -0.1) is 0 Å². The topological polar surface area (TPSA) is 99.0 Å². The van der Waals surface area contributed by atoms with E-state index in [9.17, 15) is 9.59 Å². The molecule has 0 radical (unpaired) electrons. The fraction of sp³-hybridized carbons (Fsp3) is 0.238. The Morgan fingerprint density at radius 2 is 1.97 bits per heavy atom. The van der Waals surface area contributed by atoms with Gasteiger partial charge in [0.1, 0.15) is 0 Å². The summed E-state index contributed by atoms with van der Waals surface area (Å²) >= 11 is 1.52. The van der Waals surface area contributed by atoms with Crippen molar-refractivity contribution in [3.8, 4) is 11.3 Å². The van der Waals surface area contributed by atoms with E-state index in [1.165, 1.54) is 11.8 Å². The molecule has 0 spiro atoms. The van der Waals surface area contributed by atoms with E-state index in [4.69, 9.17) is 10.2 Å². The molecule has 2 aromatic carbocycles. The third kappa shape index (κ3) is 3.75. The van der Waals surface area contributed by atoms with Crippen LogP contribution in [0.2, 0.25) is 0 Å². The summed E-state index contributed by atoms with van der Waals surface area (Å²) in [6.07, 6.45) is 1.69. The van der Waals surface area contributed by atoms with Crippen molar-refractivity contribution in [1.29, 1.82) is 0 Å². The lowest BCUT2D eigenvalue weighted by Gasteiger charge is -2.22. The lowest BCUT2D eigenvalue weighted by atomic mass is 10.0. The maximum absolute atomic E-state index is 13.0. The van der Waals surface area contributed by atoms with Crippen molar-refractivity contribution in [1.82, 2.24) is 10.1 Å². The van der Waals surface area contributed by atoms with Crippen LogP contribution in [0.4, 0.5) is 5.69 Å². The summed E-state index contributed by atoms with van der Waals surface area (Å²) in [5.41, 5.74) is 2.93. The number of hydrogen-bond acceptors (Lipinski definition) is 5. The molecule has 0 unspecified atom stereocenters. The molecule has 29 heavy (non-hydrogen) atoms. The third-order valence-corrected chi connectivity index (χ3v) is 5.74. The van der Waals surface area contributed by atoms with Crippen LogP contribution in [0.5, 0.6) is 0 Å². The van der Waals surface area contributed by atoms with Gasteiger partial charge < -0.3 is 10.4 Å². The van der Waals surface area contributed by atoms with Crippen molar-refractivity contribution in [3.05, 3.63) is 70.0 Å². The summed E-state index contributed by atoms with van der Waals surface area (Å²) in [5.74, 6) is -0.100. The summed E-state index contributed by atoms with van der Waals surface area (Å²) in [7, 11) is 0. The van der Waals surface area contributed by atoms with E-state index in [1.54, 1.807) is 28.9 Å². The van der Waals surface area contributed by atoms with Gasteiger partial charge in [0.2, 0.25) is 5.16 Å². The molecular formula is C21H21N4O3S+. The van der Waals surface area contributed by atoms with Gasteiger partial charge in [-0.2, -0.15) is 0 Å². The number of unbranched alkanes of at least 4 members (excludes halogenated alkanes) is 1. The third-order valence-electron chi connectivity index (χ3n) is 4.79. The molecule has 8 heteroatoms. The van der Waals surface area contributed by atoms with Crippen molar-refractivity contribution in [2.45, 2.75) is 31.1 Å². The zero-order valence-corrected chi connectivity index (χ0v) is 16.7. The number of aromatic carboxylic acids is 1. The number of nitrogens with one attached hydrogen (secondary N) is 2. The monoisotopic (exact) mass is 409 g/mol. The average molecular weight is 409 g/mol. The molecule has 0 saturated heterocycles. The second-order valence-electron chi connectivity index (χ2n) is 6.77. The van der Waals surface area contributed by atoms with E-state index in [0.29, 0.717) is 10.9 Å². The number of carbonyl (C=O) groups is 1. The van der Waals surface area contributed by atoms with Crippen LogP contribution in [0.3, 0.4) is 0 Å². The van der Waals surface area contributed by atoms with Gasteiger partial charge in [-0.3, -0.25) is 9.78 Å². The van der Waals surface area contributed by atoms with Crippen LogP contribution >= 0.6 is 11.8 Å². The number of anilines is 1. The lowest BCUT2D eigenvalue weighted by Crippen LogP contribution is -2.55. The number of fused-ring (bicyclic) bond motifs is 3. The highest BCUT2D eigenvalue weighted by Gasteiger charge is 2.37. The normalized spacial score (nSPS) is 14.6. The predicted molar refractivity (Wildman–Crippen MR) is 111 cm³/mol. The first-order valence-electron chi connectivity index (χ1n) is 9.46. The first-order chi connectivity index (χ1) is 14.1. The summed E-state index contributed by atoms with van der Waals surface area (Å²) in [4.78, 5) is 27.1. The largest absolute Gasteiger partial charge is 0.478 e. The molecule has 148 valence electrons. The summed E-state index contributed by atoms with van der Waals surface area (Å²) < 4.78 is 1.70. The van der Waals surface area contributed by atoms with Crippen LogP contribution in [-0.4, -0.2) is 26.9 Å². The second kappa shape index (κ2) is 8.08. The van der Waals surface area contributed by atoms with Gasteiger partial charge in [-0.25, -0.2) is 4.79 Å². The van der Waals surface area contributed by atoms with E-state index in [1.807, 2.05) is 24.3 Å². The molecule has 0 bridgehead atoms. The Labute approximate surface area is 171 Å². The first kappa shape index (κ1) is 19.2. The highest BCUT2D eigenvalue weighted by Crippen LogP contribution is 2.31. The van der Waals surface area contributed by atoms with Crippen LogP contribution in [0, 0.1) is 0 Å². The number of H-pyrrole nitrogens is 1. The van der Waals surface area contributed by atoms with Crippen molar-refractivity contribution in [2.75, 3.05) is 11.1 Å². The molecule has 3 aromatic rings. The molecular weight excluding hydrogens is 388 g/mol. The molecule has 1 aliphatic heterocycles. The molecule has 4 rings (SSSR count). The number of thioether (sulfide) groups is 1. The molecule has 2 heterocycles. The SMILES string of the molecule is CCCCSc1n[n+]2c(c(=O)[nH]1)-c1ccccc1N[C@@H]2c1ccc(C(=O)O)cc1. The summed E-state index contributed by atoms with van der Waals surface area (Å²) in [6.45, 7) is 2.12. The molecule has 3 N–H and O–H groups in total. The summed E-state index contributed by atoms with van der Waals surface area (Å²) in [5, 5.41) is 17.9. The van der Waals surface area contributed by atoms with E-state index < -0.39 is 12.1 Å².